The van der Waals surface area contributed by atoms with Crippen molar-refractivity contribution in [2.45, 2.75) is 0 Å². The zero-order chi connectivity index (χ0) is 13.1. The van der Waals surface area contributed by atoms with Gasteiger partial charge in [-0.2, -0.15) is 0 Å². The molecule has 0 fully saturated rings. The highest BCUT2D eigenvalue weighted by Gasteiger charge is 2.19. The lowest BCUT2D eigenvalue weighted by atomic mass is 10.3. The average Bonchev–Trinajstić information content (AvgIpc) is 2.31. The quantitative estimate of drug-likeness (QED) is 0.676. The molecule has 0 aliphatic carbocycles. The van der Waals surface area contributed by atoms with Crippen LogP contribution < -0.4 is 10.5 Å². The molecule has 0 aliphatic rings. The van der Waals surface area contributed by atoms with Gasteiger partial charge in [-0.15, -0.1) is 0 Å². The molecule has 0 saturated carbocycles. The third-order valence-corrected chi connectivity index (χ3v) is 2.31. The van der Waals surface area contributed by atoms with Crippen molar-refractivity contribution in [3.8, 4) is 11.6 Å². The Balaban J connectivity index is 2.42. The number of hydrogen-bond donors (Lipinski definition) is 1. The number of hydrogen-bond acceptors (Lipinski definition) is 6. The molecule has 2 aromatic rings. The van der Waals surface area contributed by atoms with Crippen LogP contribution in [0.3, 0.4) is 0 Å². The molecule has 0 unspecified atom stereocenters. The van der Waals surface area contributed by atoms with E-state index in [4.69, 9.17) is 22.1 Å². The molecule has 0 radical (unpaired) electrons. The van der Waals surface area contributed by atoms with Crippen LogP contribution in [0.25, 0.3) is 0 Å². The van der Waals surface area contributed by atoms with Crippen molar-refractivity contribution in [1.29, 1.82) is 0 Å². The first-order valence-corrected chi connectivity index (χ1v) is 5.14. The summed E-state index contributed by atoms with van der Waals surface area (Å²) in [6, 6.07) is 5.56. The number of aromatic nitrogens is 2. The van der Waals surface area contributed by atoms with Gasteiger partial charge in [-0.3, -0.25) is 10.1 Å². The van der Waals surface area contributed by atoms with E-state index in [-0.39, 0.29) is 28.2 Å². The van der Waals surface area contributed by atoms with E-state index in [9.17, 15) is 10.1 Å². The number of nitro groups is 1. The molecule has 7 nitrogen and oxygen atoms in total. The molecule has 1 heterocycles. The van der Waals surface area contributed by atoms with E-state index in [1.807, 2.05) is 0 Å². The van der Waals surface area contributed by atoms with E-state index in [1.54, 1.807) is 0 Å². The van der Waals surface area contributed by atoms with Gasteiger partial charge in [-0.25, -0.2) is 9.97 Å². The zero-order valence-corrected chi connectivity index (χ0v) is 9.66. The van der Waals surface area contributed by atoms with Gasteiger partial charge in [0.25, 0.3) is 0 Å². The molecule has 0 amide bonds. The Morgan fingerprint density at radius 3 is 2.83 bits per heavy atom. The summed E-state index contributed by atoms with van der Waals surface area (Å²) in [4.78, 5) is 17.7. The maximum absolute atomic E-state index is 10.8. The van der Waals surface area contributed by atoms with Crippen LogP contribution in [-0.4, -0.2) is 14.9 Å². The van der Waals surface area contributed by atoms with Gasteiger partial charge in [0.2, 0.25) is 11.6 Å². The number of nitrogens with zero attached hydrogens (tertiary/aromatic N) is 3. The van der Waals surface area contributed by atoms with Crippen LogP contribution in [0, 0.1) is 10.1 Å². The van der Waals surface area contributed by atoms with Crippen LogP contribution in [0.1, 0.15) is 0 Å². The summed E-state index contributed by atoms with van der Waals surface area (Å²) < 4.78 is 5.28. The summed E-state index contributed by atoms with van der Waals surface area (Å²) in [5, 5.41) is 11.0. The lowest BCUT2D eigenvalue weighted by Gasteiger charge is -2.06. The first-order chi connectivity index (χ1) is 8.58. The van der Waals surface area contributed by atoms with Crippen molar-refractivity contribution in [3.05, 3.63) is 45.7 Å². The van der Waals surface area contributed by atoms with E-state index in [0.717, 1.165) is 0 Å². The van der Waals surface area contributed by atoms with E-state index in [1.165, 1.54) is 30.6 Å². The molecule has 1 aromatic carbocycles. The molecule has 2 N–H and O–H groups in total. The molecule has 2 rings (SSSR count). The third-order valence-electron chi connectivity index (χ3n) is 2.01. The van der Waals surface area contributed by atoms with E-state index in [2.05, 4.69) is 9.97 Å². The molecule has 1 aromatic heterocycles. The first-order valence-electron chi connectivity index (χ1n) is 4.76. The summed E-state index contributed by atoms with van der Waals surface area (Å²) in [6.45, 7) is 0. The SMILES string of the molecule is Nc1cc(Oc2c(Cl)cccc2[N+](=O)[O-])ncn1. The van der Waals surface area contributed by atoms with Gasteiger partial charge in [0.05, 0.1) is 9.95 Å². The van der Waals surface area contributed by atoms with E-state index >= 15 is 0 Å². The van der Waals surface area contributed by atoms with Crippen LogP contribution in [0.5, 0.6) is 11.6 Å². The van der Waals surface area contributed by atoms with Crippen LogP contribution >= 0.6 is 11.6 Å². The lowest BCUT2D eigenvalue weighted by Crippen LogP contribution is -1.97. The lowest BCUT2D eigenvalue weighted by molar-refractivity contribution is -0.385. The van der Waals surface area contributed by atoms with Crippen molar-refractivity contribution >= 4 is 23.1 Å². The minimum Gasteiger partial charge on any atom is -0.430 e. The third kappa shape index (κ3) is 2.46. The standard InChI is InChI=1S/C10H7ClN4O3/c11-6-2-1-3-7(15(16)17)10(6)18-9-4-8(12)13-5-14-9/h1-5H,(H2,12,13,14). The minimum absolute atomic E-state index is 0.0812. The predicted molar refractivity (Wildman–Crippen MR) is 64.6 cm³/mol. The number of rotatable bonds is 3. The fraction of sp³-hybridized carbons (Fsp3) is 0. The predicted octanol–water partition coefficient (Wildman–Crippen LogP) is 2.41. The highest BCUT2D eigenvalue weighted by Crippen LogP contribution is 2.37. The van der Waals surface area contributed by atoms with Crippen LogP contribution in [-0.2, 0) is 0 Å². The number of halogens is 1. The molecular weight excluding hydrogens is 260 g/mol. The molecule has 8 heteroatoms. The van der Waals surface area contributed by atoms with Crippen molar-refractivity contribution < 1.29 is 9.66 Å². The second kappa shape index (κ2) is 4.84. The second-order valence-corrected chi connectivity index (χ2v) is 3.64. The molecule has 18 heavy (non-hydrogen) atoms. The number of benzene rings is 1. The topological polar surface area (TPSA) is 104 Å². The highest BCUT2D eigenvalue weighted by molar-refractivity contribution is 6.32. The molecule has 0 saturated heterocycles. The molecule has 0 atom stereocenters. The number of nitro benzene ring substituents is 1. The summed E-state index contributed by atoms with van der Waals surface area (Å²) in [5.74, 6) is 0.190. The maximum Gasteiger partial charge on any atom is 0.313 e. The Labute approximate surface area is 106 Å². The first kappa shape index (κ1) is 12.1. The van der Waals surface area contributed by atoms with Crippen molar-refractivity contribution in [1.82, 2.24) is 9.97 Å². The fourth-order valence-electron chi connectivity index (χ4n) is 1.26. The summed E-state index contributed by atoms with van der Waals surface area (Å²) in [6.07, 6.45) is 1.19. The molecular formula is C10H7ClN4O3. The van der Waals surface area contributed by atoms with Gasteiger partial charge in [0.15, 0.2) is 0 Å². The Morgan fingerprint density at radius 1 is 1.39 bits per heavy atom. The second-order valence-electron chi connectivity index (χ2n) is 3.23. The largest absolute Gasteiger partial charge is 0.430 e. The summed E-state index contributed by atoms with van der Waals surface area (Å²) >= 11 is 5.86. The van der Waals surface area contributed by atoms with Crippen LogP contribution in [0.15, 0.2) is 30.6 Å². The highest BCUT2D eigenvalue weighted by atomic mass is 35.5. The van der Waals surface area contributed by atoms with Crippen molar-refractivity contribution in [2.75, 3.05) is 5.73 Å². The van der Waals surface area contributed by atoms with Crippen LogP contribution in [0.2, 0.25) is 5.02 Å². The average molecular weight is 267 g/mol. The van der Waals surface area contributed by atoms with E-state index < -0.39 is 4.92 Å². The Morgan fingerprint density at radius 2 is 2.17 bits per heavy atom. The van der Waals surface area contributed by atoms with Gasteiger partial charge in [-0.1, -0.05) is 17.7 Å². The van der Waals surface area contributed by atoms with Gasteiger partial charge in [0.1, 0.15) is 12.1 Å². The molecule has 0 aliphatic heterocycles. The Bertz CT molecular complexity index is 605. The zero-order valence-electron chi connectivity index (χ0n) is 8.91. The summed E-state index contributed by atoms with van der Waals surface area (Å²) in [7, 11) is 0. The number of nitrogen functional groups attached to an aromatic ring is 1. The van der Waals surface area contributed by atoms with Gasteiger partial charge in [-0.05, 0) is 6.07 Å². The molecule has 92 valence electrons. The normalized spacial score (nSPS) is 10.1. The smallest absolute Gasteiger partial charge is 0.313 e. The van der Waals surface area contributed by atoms with Gasteiger partial charge < -0.3 is 10.5 Å². The van der Waals surface area contributed by atoms with Gasteiger partial charge in [0, 0.05) is 12.1 Å². The Hall–Kier alpha value is -2.41. The molecule has 0 bridgehead atoms. The maximum atomic E-state index is 10.8. The fourth-order valence-corrected chi connectivity index (χ4v) is 1.46. The number of ether oxygens (including phenoxy) is 1. The Kier molecular flexibility index (Phi) is 3.24. The van der Waals surface area contributed by atoms with Crippen molar-refractivity contribution in [3.63, 3.8) is 0 Å². The monoisotopic (exact) mass is 266 g/mol. The van der Waals surface area contributed by atoms with Crippen LogP contribution in [0.4, 0.5) is 11.5 Å². The number of para-hydroxylation sites is 1. The number of anilines is 1. The van der Waals surface area contributed by atoms with E-state index in [0.29, 0.717) is 0 Å². The molecule has 0 spiro atoms. The number of nitrogens with two attached hydrogens (primary N) is 1. The minimum atomic E-state index is -0.592. The summed E-state index contributed by atoms with van der Waals surface area (Å²) in [5.41, 5.74) is 5.20. The van der Waals surface area contributed by atoms with Crippen molar-refractivity contribution in [2.24, 2.45) is 0 Å². The van der Waals surface area contributed by atoms with Gasteiger partial charge >= 0.3 is 5.69 Å².